The van der Waals surface area contributed by atoms with E-state index >= 15 is 0 Å². The highest BCUT2D eigenvalue weighted by atomic mass is 15.4. The summed E-state index contributed by atoms with van der Waals surface area (Å²) in [4.78, 5) is 4.92. The summed E-state index contributed by atoms with van der Waals surface area (Å²) in [5.74, 6) is 2.22. The van der Waals surface area contributed by atoms with Crippen LogP contribution < -0.4 is 10.9 Å². The fraction of sp³-hybridized carbons (Fsp3) is 0.471. The Bertz CT molecular complexity index is 480. The smallest absolute Gasteiger partial charge is 0.120 e. The van der Waals surface area contributed by atoms with Crippen LogP contribution in [-0.2, 0) is 0 Å². The van der Waals surface area contributed by atoms with Gasteiger partial charge in [0.05, 0.1) is 18.0 Å². The fourth-order valence-electron chi connectivity index (χ4n) is 2.57. The maximum atomic E-state index is 4.92. The van der Waals surface area contributed by atoms with E-state index in [0.717, 1.165) is 18.2 Å². The SMILES string of the molecule is C/C=C/CC(/C=C/C1CC1)N=C1NNC2C=CC=CC12. The number of aliphatic imine (C=N–C) groups is 1. The molecular weight excluding hydrogens is 246 g/mol. The van der Waals surface area contributed by atoms with Gasteiger partial charge in [-0.25, -0.2) is 5.43 Å². The average Bonchev–Trinajstić information content (AvgIpc) is 3.23. The first-order valence-corrected chi connectivity index (χ1v) is 7.60. The summed E-state index contributed by atoms with van der Waals surface area (Å²) < 4.78 is 0. The zero-order valence-corrected chi connectivity index (χ0v) is 12.0. The lowest BCUT2D eigenvalue weighted by Crippen LogP contribution is -2.31. The van der Waals surface area contributed by atoms with E-state index in [1.807, 2.05) is 0 Å². The summed E-state index contributed by atoms with van der Waals surface area (Å²) in [6.45, 7) is 2.06. The molecular formula is C17H23N3. The fourth-order valence-corrected chi connectivity index (χ4v) is 2.57. The molecule has 3 atom stereocenters. The topological polar surface area (TPSA) is 36.4 Å². The van der Waals surface area contributed by atoms with Gasteiger partial charge in [-0.15, -0.1) is 0 Å². The molecule has 1 saturated carbocycles. The van der Waals surface area contributed by atoms with E-state index in [2.05, 4.69) is 66.4 Å². The van der Waals surface area contributed by atoms with Crippen molar-refractivity contribution in [2.24, 2.45) is 16.8 Å². The van der Waals surface area contributed by atoms with E-state index in [4.69, 9.17) is 4.99 Å². The number of amidine groups is 1. The molecule has 1 heterocycles. The largest absolute Gasteiger partial charge is 0.308 e. The van der Waals surface area contributed by atoms with Gasteiger partial charge >= 0.3 is 0 Å². The molecule has 2 aliphatic carbocycles. The van der Waals surface area contributed by atoms with Crippen molar-refractivity contribution in [1.29, 1.82) is 0 Å². The molecule has 3 heteroatoms. The van der Waals surface area contributed by atoms with Gasteiger partial charge in [-0.2, -0.15) is 0 Å². The van der Waals surface area contributed by atoms with Crippen LogP contribution in [0, 0.1) is 11.8 Å². The first kappa shape index (κ1) is 13.4. The zero-order valence-electron chi connectivity index (χ0n) is 12.0. The number of nitrogens with zero attached hydrogens (tertiary/aromatic N) is 1. The molecule has 3 rings (SSSR count). The second kappa shape index (κ2) is 6.23. The summed E-state index contributed by atoms with van der Waals surface area (Å²) in [5.41, 5.74) is 6.53. The summed E-state index contributed by atoms with van der Waals surface area (Å²) >= 11 is 0. The molecule has 0 spiro atoms. The Morgan fingerprint density at radius 2 is 2.20 bits per heavy atom. The maximum absolute atomic E-state index is 4.92. The zero-order chi connectivity index (χ0) is 13.8. The third-order valence-corrected chi connectivity index (χ3v) is 3.96. The molecule has 1 saturated heterocycles. The van der Waals surface area contributed by atoms with Gasteiger partial charge in [-0.1, -0.05) is 48.6 Å². The van der Waals surface area contributed by atoms with Crippen LogP contribution in [0.2, 0.25) is 0 Å². The number of allylic oxidation sites excluding steroid dienone is 4. The molecule has 20 heavy (non-hydrogen) atoms. The molecule has 0 aromatic rings. The van der Waals surface area contributed by atoms with Crippen LogP contribution in [0.4, 0.5) is 0 Å². The highest BCUT2D eigenvalue weighted by Gasteiger charge is 2.30. The predicted molar refractivity (Wildman–Crippen MR) is 84.3 cm³/mol. The normalized spacial score (nSPS) is 32.1. The van der Waals surface area contributed by atoms with Crippen LogP contribution in [0.1, 0.15) is 26.2 Å². The molecule has 3 unspecified atom stereocenters. The summed E-state index contributed by atoms with van der Waals surface area (Å²) in [7, 11) is 0. The van der Waals surface area contributed by atoms with E-state index in [1.165, 1.54) is 12.8 Å². The van der Waals surface area contributed by atoms with Gasteiger partial charge < -0.3 is 5.43 Å². The van der Waals surface area contributed by atoms with Gasteiger partial charge in [0.1, 0.15) is 5.84 Å². The highest BCUT2D eigenvalue weighted by molar-refractivity contribution is 5.89. The molecule has 2 N–H and O–H groups in total. The van der Waals surface area contributed by atoms with E-state index in [-0.39, 0.29) is 6.04 Å². The average molecular weight is 269 g/mol. The van der Waals surface area contributed by atoms with Crippen molar-refractivity contribution in [1.82, 2.24) is 10.9 Å². The van der Waals surface area contributed by atoms with Crippen molar-refractivity contribution in [2.45, 2.75) is 38.3 Å². The molecule has 106 valence electrons. The van der Waals surface area contributed by atoms with E-state index in [9.17, 15) is 0 Å². The van der Waals surface area contributed by atoms with Gasteiger partial charge in [-0.3, -0.25) is 4.99 Å². The molecule has 0 bridgehead atoms. The van der Waals surface area contributed by atoms with Gasteiger partial charge in [0.25, 0.3) is 0 Å². The molecule has 0 radical (unpaired) electrons. The van der Waals surface area contributed by atoms with Crippen molar-refractivity contribution in [2.75, 3.05) is 0 Å². The summed E-state index contributed by atoms with van der Waals surface area (Å²) in [6, 6.07) is 0.586. The van der Waals surface area contributed by atoms with Crippen molar-refractivity contribution < 1.29 is 0 Å². The first-order chi connectivity index (χ1) is 9.86. The van der Waals surface area contributed by atoms with Crippen LogP contribution in [-0.4, -0.2) is 17.9 Å². The van der Waals surface area contributed by atoms with Crippen LogP contribution in [0.15, 0.2) is 53.6 Å². The van der Waals surface area contributed by atoms with E-state index in [1.54, 1.807) is 0 Å². The molecule has 2 fully saturated rings. The van der Waals surface area contributed by atoms with Gasteiger partial charge in [0.2, 0.25) is 0 Å². The van der Waals surface area contributed by atoms with Gasteiger partial charge in [0, 0.05) is 0 Å². The minimum atomic E-state index is 0.245. The lowest BCUT2D eigenvalue weighted by Gasteiger charge is -2.14. The minimum absolute atomic E-state index is 0.245. The molecule has 0 aromatic heterocycles. The first-order valence-electron chi connectivity index (χ1n) is 7.60. The summed E-state index contributed by atoms with van der Waals surface area (Å²) in [6.07, 6.45) is 21.2. The molecule has 0 aromatic carbocycles. The molecule has 1 aliphatic heterocycles. The number of nitrogens with one attached hydrogen (secondary N) is 2. The number of rotatable bonds is 5. The third-order valence-electron chi connectivity index (χ3n) is 3.96. The van der Waals surface area contributed by atoms with Gasteiger partial charge in [-0.05, 0) is 32.1 Å². The second-order valence-corrected chi connectivity index (χ2v) is 5.70. The molecule has 3 aliphatic rings. The monoisotopic (exact) mass is 269 g/mol. The standard InChI is InChI=1S/C17H23N3/c1-2-3-6-14(12-11-13-9-10-13)18-17-15-7-4-5-8-16(15)19-20-17/h2-5,7-8,11-16,19H,6,9-10H2,1H3,(H,18,20)/b3-2+,12-11+. The van der Waals surface area contributed by atoms with E-state index in [0.29, 0.717) is 12.0 Å². The quantitative estimate of drug-likeness (QED) is 0.753. The summed E-state index contributed by atoms with van der Waals surface area (Å²) in [5, 5.41) is 0. The van der Waals surface area contributed by atoms with Crippen molar-refractivity contribution in [3.8, 4) is 0 Å². The Morgan fingerprint density at radius 1 is 1.35 bits per heavy atom. The number of hydrogen-bond donors (Lipinski definition) is 2. The minimum Gasteiger partial charge on any atom is -0.308 e. The van der Waals surface area contributed by atoms with Crippen LogP contribution in [0.5, 0.6) is 0 Å². The maximum Gasteiger partial charge on any atom is 0.120 e. The number of hydrazine groups is 1. The van der Waals surface area contributed by atoms with Crippen molar-refractivity contribution in [3.05, 3.63) is 48.6 Å². The van der Waals surface area contributed by atoms with E-state index < -0.39 is 0 Å². The lowest BCUT2D eigenvalue weighted by atomic mass is 9.96. The van der Waals surface area contributed by atoms with Crippen LogP contribution in [0.3, 0.4) is 0 Å². The van der Waals surface area contributed by atoms with Crippen molar-refractivity contribution >= 4 is 5.84 Å². The third kappa shape index (κ3) is 3.28. The highest BCUT2D eigenvalue weighted by Crippen LogP contribution is 2.30. The molecule has 0 amide bonds. The molecule has 3 nitrogen and oxygen atoms in total. The number of fused-ring (bicyclic) bond motifs is 1. The van der Waals surface area contributed by atoms with Gasteiger partial charge in [0.15, 0.2) is 0 Å². The lowest BCUT2D eigenvalue weighted by molar-refractivity contribution is 0.601. The Hall–Kier alpha value is -1.61. The Kier molecular flexibility index (Phi) is 4.16. The Morgan fingerprint density at radius 3 is 3.00 bits per heavy atom. The Labute approximate surface area is 121 Å². The second-order valence-electron chi connectivity index (χ2n) is 5.70. The van der Waals surface area contributed by atoms with Crippen LogP contribution >= 0.6 is 0 Å². The number of hydrogen-bond acceptors (Lipinski definition) is 2. The Balaban J connectivity index is 1.71. The predicted octanol–water partition coefficient (Wildman–Crippen LogP) is 2.90. The van der Waals surface area contributed by atoms with Crippen molar-refractivity contribution in [3.63, 3.8) is 0 Å². The van der Waals surface area contributed by atoms with Crippen LogP contribution in [0.25, 0.3) is 0 Å².